The molecule has 5 heteroatoms. The number of nitrogens with two attached hydrogens (primary N) is 1. The normalized spacial score (nSPS) is 21.2. The number of halogens is 1. The molecule has 0 aliphatic carbocycles. The number of rotatable bonds is 3. The van der Waals surface area contributed by atoms with Gasteiger partial charge in [-0.3, -0.25) is 4.79 Å². The molecule has 4 nitrogen and oxygen atoms in total. The number of carbonyl (C=O) groups is 1. The Morgan fingerprint density at radius 2 is 2.21 bits per heavy atom. The molecule has 2 unspecified atom stereocenters. The average Bonchev–Trinajstić information content (AvgIpc) is 2.39. The number of ether oxygens (including phenoxy) is 1. The maximum atomic E-state index is 12.0. The Morgan fingerprint density at radius 3 is 2.84 bits per heavy atom. The van der Waals surface area contributed by atoms with Crippen molar-refractivity contribution in [3.63, 3.8) is 0 Å². The summed E-state index contributed by atoms with van der Waals surface area (Å²) < 4.78 is 5.72. The Labute approximate surface area is 118 Å². The molecule has 2 rings (SSSR count). The van der Waals surface area contributed by atoms with E-state index in [1.807, 2.05) is 36.1 Å². The second kappa shape index (κ2) is 6.37. The van der Waals surface area contributed by atoms with Crippen LogP contribution in [0.25, 0.3) is 0 Å². The molecule has 1 saturated heterocycles. The zero-order valence-corrected chi connectivity index (χ0v) is 11.8. The maximum Gasteiger partial charge on any atom is 0.224 e. The quantitative estimate of drug-likeness (QED) is 0.922. The lowest BCUT2D eigenvalue weighted by Crippen LogP contribution is -2.43. The molecule has 0 aromatic heterocycles. The number of nitrogens with zero attached hydrogens (tertiary/aromatic N) is 1. The minimum Gasteiger partial charge on any atom is -0.370 e. The highest BCUT2D eigenvalue weighted by molar-refractivity contribution is 6.30. The van der Waals surface area contributed by atoms with E-state index in [0.29, 0.717) is 31.1 Å². The number of morpholine rings is 1. The van der Waals surface area contributed by atoms with Gasteiger partial charge in [0.1, 0.15) is 6.10 Å². The van der Waals surface area contributed by atoms with E-state index in [0.717, 1.165) is 5.56 Å². The van der Waals surface area contributed by atoms with Crippen molar-refractivity contribution in [2.45, 2.75) is 25.5 Å². The zero-order valence-electron chi connectivity index (χ0n) is 11.0. The average molecular weight is 283 g/mol. The predicted molar refractivity (Wildman–Crippen MR) is 75.0 cm³/mol. The molecule has 1 aliphatic heterocycles. The van der Waals surface area contributed by atoms with Gasteiger partial charge in [-0.2, -0.15) is 0 Å². The summed E-state index contributed by atoms with van der Waals surface area (Å²) in [4.78, 5) is 13.8. The van der Waals surface area contributed by atoms with Crippen molar-refractivity contribution in [3.8, 4) is 0 Å². The summed E-state index contributed by atoms with van der Waals surface area (Å²) in [6.45, 7) is 3.61. The lowest BCUT2D eigenvalue weighted by molar-refractivity contribution is -0.139. The zero-order chi connectivity index (χ0) is 13.8. The number of hydrogen-bond acceptors (Lipinski definition) is 3. The monoisotopic (exact) mass is 282 g/mol. The molecule has 0 radical (unpaired) electrons. The fourth-order valence-electron chi connectivity index (χ4n) is 2.16. The van der Waals surface area contributed by atoms with Crippen molar-refractivity contribution in [1.29, 1.82) is 0 Å². The molecule has 1 amide bonds. The van der Waals surface area contributed by atoms with Gasteiger partial charge in [-0.15, -0.1) is 0 Å². The highest BCUT2D eigenvalue weighted by atomic mass is 35.5. The second-order valence-corrected chi connectivity index (χ2v) is 5.37. The van der Waals surface area contributed by atoms with E-state index in [2.05, 4.69) is 0 Å². The first-order chi connectivity index (χ1) is 9.06. The fourth-order valence-corrected chi connectivity index (χ4v) is 2.29. The summed E-state index contributed by atoms with van der Waals surface area (Å²) in [6.07, 6.45) is 0.302. The Bertz CT molecular complexity index is 434. The minimum atomic E-state index is -0.107. The van der Waals surface area contributed by atoms with Gasteiger partial charge in [-0.05, 0) is 24.6 Å². The van der Waals surface area contributed by atoms with Crippen LogP contribution in [-0.2, 0) is 9.53 Å². The summed E-state index contributed by atoms with van der Waals surface area (Å²) in [7, 11) is 0. The van der Waals surface area contributed by atoms with E-state index in [1.54, 1.807) is 0 Å². The first-order valence-corrected chi connectivity index (χ1v) is 6.84. The second-order valence-electron chi connectivity index (χ2n) is 4.93. The van der Waals surface area contributed by atoms with Gasteiger partial charge in [-0.1, -0.05) is 23.7 Å². The van der Waals surface area contributed by atoms with Gasteiger partial charge in [-0.25, -0.2) is 0 Å². The summed E-state index contributed by atoms with van der Waals surface area (Å²) >= 11 is 5.87. The van der Waals surface area contributed by atoms with Crippen LogP contribution in [0.1, 0.15) is 25.0 Å². The molecule has 1 heterocycles. The van der Waals surface area contributed by atoms with Crippen LogP contribution in [-0.4, -0.2) is 36.5 Å². The first kappa shape index (κ1) is 14.3. The standard InChI is InChI=1S/C14H19ClN2O2/c1-10(16)8-14(18)17-6-7-19-13(9-17)11-2-4-12(15)5-3-11/h2-5,10,13H,6-9,16H2,1H3. The first-order valence-electron chi connectivity index (χ1n) is 6.46. The van der Waals surface area contributed by atoms with Crippen LogP contribution in [0.4, 0.5) is 0 Å². The van der Waals surface area contributed by atoms with Crippen LogP contribution in [0.2, 0.25) is 5.02 Å². The molecule has 1 aromatic rings. The summed E-state index contributed by atoms with van der Waals surface area (Å²) in [5, 5.41) is 0.699. The van der Waals surface area contributed by atoms with E-state index in [1.165, 1.54) is 0 Å². The van der Waals surface area contributed by atoms with Gasteiger partial charge >= 0.3 is 0 Å². The largest absolute Gasteiger partial charge is 0.370 e. The highest BCUT2D eigenvalue weighted by Crippen LogP contribution is 2.24. The number of amides is 1. The summed E-state index contributed by atoms with van der Waals surface area (Å²) in [5.74, 6) is 0.0947. The third-order valence-electron chi connectivity index (χ3n) is 3.16. The van der Waals surface area contributed by atoms with E-state index >= 15 is 0 Å². The summed E-state index contributed by atoms with van der Waals surface area (Å²) in [5.41, 5.74) is 6.71. The SMILES string of the molecule is CC(N)CC(=O)N1CCOC(c2ccc(Cl)cc2)C1. The number of hydrogen-bond donors (Lipinski definition) is 1. The minimum absolute atomic E-state index is 0.0805. The van der Waals surface area contributed by atoms with Crippen LogP contribution in [0, 0.1) is 0 Å². The van der Waals surface area contributed by atoms with E-state index in [4.69, 9.17) is 22.1 Å². The van der Waals surface area contributed by atoms with Crippen LogP contribution in [0.15, 0.2) is 24.3 Å². The Morgan fingerprint density at radius 1 is 1.53 bits per heavy atom. The van der Waals surface area contributed by atoms with Gasteiger partial charge < -0.3 is 15.4 Å². The van der Waals surface area contributed by atoms with Gasteiger partial charge in [0.2, 0.25) is 5.91 Å². The van der Waals surface area contributed by atoms with Crippen molar-refractivity contribution in [2.75, 3.05) is 19.7 Å². The molecule has 1 fully saturated rings. The number of benzene rings is 1. The molecule has 0 bridgehead atoms. The molecule has 0 spiro atoms. The van der Waals surface area contributed by atoms with E-state index < -0.39 is 0 Å². The third-order valence-corrected chi connectivity index (χ3v) is 3.41. The fraction of sp³-hybridized carbons (Fsp3) is 0.500. The van der Waals surface area contributed by atoms with Gasteiger partial charge in [0.05, 0.1) is 13.2 Å². The molecule has 2 atom stereocenters. The van der Waals surface area contributed by atoms with Crippen molar-refractivity contribution in [3.05, 3.63) is 34.9 Å². The van der Waals surface area contributed by atoms with Gasteiger partial charge in [0, 0.05) is 24.0 Å². The van der Waals surface area contributed by atoms with Crippen LogP contribution in [0.3, 0.4) is 0 Å². The van der Waals surface area contributed by atoms with Crippen molar-refractivity contribution < 1.29 is 9.53 Å². The molecule has 104 valence electrons. The van der Waals surface area contributed by atoms with Crippen molar-refractivity contribution >= 4 is 17.5 Å². The van der Waals surface area contributed by atoms with Crippen molar-refractivity contribution in [2.24, 2.45) is 5.73 Å². The van der Waals surface area contributed by atoms with Crippen molar-refractivity contribution in [1.82, 2.24) is 4.90 Å². The lowest BCUT2D eigenvalue weighted by atomic mass is 10.1. The van der Waals surface area contributed by atoms with E-state index in [9.17, 15) is 4.79 Å². The molecule has 0 saturated carbocycles. The topological polar surface area (TPSA) is 55.6 Å². The Kier molecular flexibility index (Phi) is 4.80. The van der Waals surface area contributed by atoms with Gasteiger partial charge in [0.25, 0.3) is 0 Å². The van der Waals surface area contributed by atoms with Crippen LogP contribution in [0.5, 0.6) is 0 Å². The van der Waals surface area contributed by atoms with E-state index in [-0.39, 0.29) is 18.1 Å². The van der Waals surface area contributed by atoms with Crippen LogP contribution >= 0.6 is 11.6 Å². The lowest BCUT2D eigenvalue weighted by Gasteiger charge is -2.33. The Hall–Kier alpha value is -1.10. The molecular formula is C14H19ClN2O2. The van der Waals surface area contributed by atoms with Gasteiger partial charge in [0.15, 0.2) is 0 Å². The third kappa shape index (κ3) is 3.93. The smallest absolute Gasteiger partial charge is 0.224 e. The molecule has 2 N–H and O–H groups in total. The summed E-state index contributed by atoms with van der Waals surface area (Å²) in [6, 6.07) is 7.44. The maximum absolute atomic E-state index is 12.0. The highest BCUT2D eigenvalue weighted by Gasteiger charge is 2.25. The molecule has 1 aromatic carbocycles. The Balaban J connectivity index is 2.00. The predicted octanol–water partition coefficient (Wildman–Crippen LogP) is 1.98. The molecule has 19 heavy (non-hydrogen) atoms. The molecular weight excluding hydrogens is 264 g/mol. The number of carbonyl (C=O) groups excluding carboxylic acids is 1. The molecule has 1 aliphatic rings. The van der Waals surface area contributed by atoms with Crippen LogP contribution < -0.4 is 5.73 Å².